The molecule has 0 saturated heterocycles. The van der Waals surface area contributed by atoms with Gasteiger partial charge in [0.15, 0.2) is 0 Å². The smallest absolute Gasteiger partial charge is 0.210 e. The van der Waals surface area contributed by atoms with Crippen molar-refractivity contribution >= 4 is 36.7 Å². The summed E-state index contributed by atoms with van der Waals surface area (Å²) < 4.78 is 45.2. The number of benzene rings is 2. The van der Waals surface area contributed by atoms with Crippen LogP contribution in [0, 0.1) is 19.7 Å². The van der Waals surface area contributed by atoms with Gasteiger partial charge in [0, 0.05) is 9.86 Å². The molecule has 0 amide bonds. The minimum atomic E-state index is -3.78. The van der Waals surface area contributed by atoms with E-state index in [4.69, 9.17) is 4.42 Å². The van der Waals surface area contributed by atoms with E-state index in [0.717, 1.165) is 22.2 Å². The summed E-state index contributed by atoms with van der Waals surface area (Å²) in [5.41, 5.74) is 1.38. The normalized spacial score (nSPS) is 12.0. The molecule has 0 aliphatic heterocycles. The second-order valence-corrected chi connectivity index (χ2v) is 7.85. The van der Waals surface area contributed by atoms with Gasteiger partial charge in [-0.05, 0) is 55.8 Å². The third-order valence-corrected chi connectivity index (χ3v) is 5.85. The average molecular weight is 383 g/mol. The Bertz CT molecular complexity index is 973. The van der Waals surface area contributed by atoms with E-state index in [2.05, 4.69) is 15.9 Å². The first-order chi connectivity index (χ1) is 10.3. The van der Waals surface area contributed by atoms with Crippen molar-refractivity contribution in [2.24, 2.45) is 0 Å². The summed E-state index contributed by atoms with van der Waals surface area (Å²) in [6, 6.07) is 8.35. The summed E-state index contributed by atoms with van der Waals surface area (Å²) in [5, 5.41) is 0.522. The Morgan fingerprint density at radius 3 is 2.36 bits per heavy atom. The van der Waals surface area contributed by atoms with E-state index in [1.165, 1.54) is 12.1 Å². The van der Waals surface area contributed by atoms with Crippen LogP contribution in [0.3, 0.4) is 0 Å². The molecule has 0 unspecified atom stereocenters. The number of rotatable bonds is 2. The Morgan fingerprint density at radius 2 is 1.73 bits per heavy atom. The van der Waals surface area contributed by atoms with E-state index in [1.54, 1.807) is 13.0 Å². The van der Waals surface area contributed by atoms with E-state index in [1.807, 2.05) is 13.0 Å². The van der Waals surface area contributed by atoms with Crippen LogP contribution in [0.2, 0.25) is 0 Å². The fourth-order valence-electron chi connectivity index (χ4n) is 2.49. The number of halogens is 2. The molecule has 0 N–H and O–H groups in total. The van der Waals surface area contributed by atoms with Crippen molar-refractivity contribution in [1.82, 2.24) is 0 Å². The lowest BCUT2D eigenvalue weighted by molar-refractivity contribution is 0.556. The largest absolute Gasteiger partial charge is 0.460 e. The minimum absolute atomic E-state index is 0.0392. The summed E-state index contributed by atoms with van der Waals surface area (Å²) >= 11 is 3.37. The van der Waals surface area contributed by atoms with Gasteiger partial charge in [0.25, 0.3) is 0 Å². The van der Waals surface area contributed by atoms with E-state index in [-0.39, 0.29) is 9.79 Å². The highest BCUT2D eigenvalue weighted by molar-refractivity contribution is 9.10. The lowest BCUT2D eigenvalue weighted by atomic mass is 10.2. The van der Waals surface area contributed by atoms with Gasteiger partial charge >= 0.3 is 0 Å². The van der Waals surface area contributed by atoms with E-state index >= 15 is 0 Å². The van der Waals surface area contributed by atoms with E-state index < -0.39 is 15.7 Å². The third-order valence-electron chi connectivity index (χ3n) is 3.45. The van der Waals surface area contributed by atoms with Crippen LogP contribution in [0.4, 0.5) is 4.39 Å². The summed E-state index contributed by atoms with van der Waals surface area (Å²) in [6.07, 6.45) is 0. The second-order valence-electron chi connectivity index (χ2n) is 5.04. The zero-order valence-corrected chi connectivity index (χ0v) is 14.3. The summed E-state index contributed by atoms with van der Waals surface area (Å²) in [4.78, 5) is 0.163. The molecule has 1 aromatic heterocycles. The number of hydrogen-bond donors (Lipinski definition) is 0. The lowest BCUT2D eigenvalue weighted by Gasteiger charge is -2.04. The van der Waals surface area contributed by atoms with Gasteiger partial charge in [0.2, 0.25) is 9.84 Å². The molecule has 3 aromatic rings. The standard InChI is InChI=1S/C16H12BrFO3S/c1-9-7-11(17)8-14-15(9)21-10(2)16(14)22(19,20)13-5-3-12(18)4-6-13/h3-8H,1-2H3. The zero-order valence-electron chi connectivity index (χ0n) is 11.9. The Balaban J connectivity index is 2.34. The van der Waals surface area contributed by atoms with Crippen LogP contribution in [0.5, 0.6) is 0 Å². The number of aryl methyl sites for hydroxylation is 2. The SMILES string of the molecule is Cc1oc2c(C)cc(Br)cc2c1S(=O)(=O)c1ccc(F)cc1. The molecule has 0 radical (unpaired) electrons. The maximum atomic E-state index is 13.0. The van der Waals surface area contributed by atoms with Gasteiger partial charge in [-0.2, -0.15) is 0 Å². The molecule has 2 aromatic carbocycles. The van der Waals surface area contributed by atoms with E-state index in [0.29, 0.717) is 16.7 Å². The van der Waals surface area contributed by atoms with Crippen molar-refractivity contribution in [3.63, 3.8) is 0 Å². The van der Waals surface area contributed by atoms with Gasteiger partial charge in [-0.1, -0.05) is 15.9 Å². The predicted octanol–water partition coefficient (Wildman–Crippen LogP) is 4.78. The van der Waals surface area contributed by atoms with Crippen LogP contribution in [-0.4, -0.2) is 8.42 Å². The number of hydrogen-bond acceptors (Lipinski definition) is 3. The molecule has 1 heterocycles. The Morgan fingerprint density at radius 1 is 1.09 bits per heavy atom. The molecule has 6 heteroatoms. The summed E-state index contributed by atoms with van der Waals surface area (Å²) in [6.45, 7) is 3.47. The van der Waals surface area contributed by atoms with E-state index in [9.17, 15) is 12.8 Å². The molecule has 0 spiro atoms. The molecule has 114 valence electrons. The molecule has 22 heavy (non-hydrogen) atoms. The van der Waals surface area contributed by atoms with Crippen LogP contribution < -0.4 is 0 Å². The Labute approximate surface area is 135 Å². The Hall–Kier alpha value is -1.66. The monoisotopic (exact) mass is 382 g/mol. The molecular formula is C16H12BrFO3S. The van der Waals surface area contributed by atoms with Crippen molar-refractivity contribution in [3.8, 4) is 0 Å². The molecule has 0 aliphatic carbocycles. The highest BCUT2D eigenvalue weighted by Gasteiger charge is 2.27. The molecule has 0 atom stereocenters. The van der Waals surface area contributed by atoms with Gasteiger partial charge in [-0.15, -0.1) is 0 Å². The molecule has 3 rings (SSSR count). The fourth-order valence-corrected chi connectivity index (χ4v) is 4.65. The van der Waals surface area contributed by atoms with Crippen molar-refractivity contribution in [3.05, 3.63) is 58.0 Å². The molecule has 0 aliphatic rings. The van der Waals surface area contributed by atoms with Crippen LogP contribution in [0.1, 0.15) is 11.3 Å². The first-order valence-corrected chi connectivity index (χ1v) is 8.78. The maximum Gasteiger partial charge on any atom is 0.210 e. The van der Waals surface area contributed by atoms with Gasteiger partial charge in [-0.3, -0.25) is 0 Å². The van der Waals surface area contributed by atoms with Gasteiger partial charge < -0.3 is 4.42 Å². The quantitative estimate of drug-likeness (QED) is 0.598. The summed E-state index contributed by atoms with van der Waals surface area (Å²) in [5.74, 6) is -0.160. The van der Waals surface area contributed by atoms with Gasteiger partial charge in [-0.25, -0.2) is 12.8 Å². The Kier molecular flexibility index (Phi) is 3.61. The van der Waals surface area contributed by atoms with Crippen molar-refractivity contribution in [2.45, 2.75) is 23.6 Å². The molecule has 0 saturated carbocycles. The minimum Gasteiger partial charge on any atom is -0.460 e. The van der Waals surface area contributed by atoms with Crippen molar-refractivity contribution in [1.29, 1.82) is 0 Å². The first-order valence-electron chi connectivity index (χ1n) is 6.50. The van der Waals surface area contributed by atoms with Crippen LogP contribution >= 0.6 is 15.9 Å². The highest BCUT2D eigenvalue weighted by atomic mass is 79.9. The third kappa shape index (κ3) is 2.36. The second kappa shape index (κ2) is 5.21. The topological polar surface area (TPSA) is 47.3 Å². The molecule has 0 bridgehead atoms. The van der Waals surface area contributed by atoms with Crippen molar-refractivity contribution < 1.29 is 17.2 Å². The highest BCUT2D eigenvalue weighted by Crippen LogP contribution is 2.36. The molecular weight excluding hydrogens is 371 g/mol. The molecule has 3 nitrogen and oxygen atoms in total. The fraction of sp³-hybridized carbons (Fsp3) is 0.125. The zero-order chi connectivity index (χ0) is 16.1. The van der Waals surface area contributed by atoms with Crippen LogP contribution in [0.25, 0.3) is 11.0 Å². The lowest BCUT2D eigenvalue weighted by Crippen LogP contribution is -2.03. The number of sulfone groups is 1. The van der Waals surface area contributed by atoms with Crippen LogP contribution in [-0.2, 0) is 9.84 Å². The number of furan rings is 1. The van der Waals surface area contributed by atoms with Gasteiger partial charge in [0.1, 0.15) is 22.1 Å². The average Bonchev–Trinajstić information content (AvgIpc) is 2.76. The predicted molar refractivity (Wildman–Crippen MR) is 85.2 cm³/mol. The summed E-state index contributed by atoms with van der Waals surface area (Å²) in [7, 11) is -3.78. The number of fused-ring (bicyclic) bond motifs is 1. The van der Waals surface area contributed by atoms with Gasteiger partial charge in [0.05, 0.1) is 4.90 Å². The first kappa shape index (κ1) is 15.2. The maximum absolute atomic E-state index is 13.0. The van der Waals surface area contributed by atoms with Crippen LogP contribution in [0.15, 0.2) is 55.1 Å². The van der Waals surface area contributed by atoms with Crippen molar-refractivity contribution in [2.75, 3.05) is 0 Å². The molecule has 0 fully saturated rings.